The number of ether oxygens (including phenoxy) is 1. The second kappa shape index (κ2) is 8.78. The second-order valence-electron chi connectivity index (χ2n) is 7.96. The molecule has 152 valence electrons. The molecule has 5 nitrogen and oxygen atoms in total. The number of piperidine rings is 1. The summed E-state index contributed by atoms with van der Waals surface area (Å²) in [5, 5.41) is 6.51. The first-order valence-corrected chi connectivity index (χ1v) is 10.5. The minimum atomic E-state index is -0.0799. The molecule has 2 heterocycles. The Hall–Kier alpha value is -2.66. The first-order chi connectivity index (χ1) is 14.2. The van der Waals surface area contributed by atoms with Crippen LogP contribution in [-0.4, -0.2) is 47.8 Å². The monoisotopic (exact) mass is 391 g/mol. The van der Waals surface area contributed by atoms with Crippen LogP contribution in [0, 0.1) is 0 Å². The van der Waals surface area contributed by atoms with Crippen LogP contribution in [0.1, 0.15) is 49.8 Å². The average Bonchev–Trinajstić information content (AvgIpc) is 3.22. The van der Waals surface area contributed by atoms with Crippen molar-refractivity contribution in [1.29, 1.82) is 0 Å². The summed E-state index contributed by atoms with van der Waals surface area (Å²) >= 11 is 0. The van der Waals surface area contributed by atoms with Gasteiger partial charge in [0, 0.05) is 12.5 Å². The fraction of sp³-hybridized carbons (Fsp3) is 0.417. The van der Waals surface area contributed by atoms with E-state index in [1.807, 2.05) is 42.5 Å². The van der Waals surface area contributed by atoms with Crippen LogP contribution in [-0.2, 0) is 4.79 Å². The number of hydrogen-bond acceptors (Lipinski definition) is 4. The third-order valence-electron chi connectivity index (χ3n) is 6.05. The number of rotatable bonds is 5. The van der Waals surface area contributed by atoms with Gasteiger partial charge in [0.15, 0.2) is 0 Å². The summed E-state index contributed by atoms with van der Waals surface area (Å²) in [6.45, 7) is 3.64. The molecular weight excluding hydrogens is 362 g/mol. The third kappa shape index (κ3) is 4.35. The van der Waals surface area contributed by atoms with Crippen molar-refractivity contribution < 1.29 is 9.53 Å². The Morgan fingerprint density at radius 1 is 1.10 bits per heavy atom. The first-order valence-electron chi connectivity index (χ1n) is 10.5. The normalized spacial score (nSPS) is 22.4. The fourth-order valence-electron chi connectivity index (χ4n) is 4.27. The summed E-state index contributed by atoms with van der Waals surface area (Å²) < 4.78 is 5.29. The van der Waals surface area contributed by atoms with E-state index in [4.69, 9.17) is 9.84 Å². The van der Waals surface area contributed by atoms with E-state index < -0.39 is 0 Å². The van der Waals surface area contributed by atoms with E-state index in [2.05, 4.69) is 24.0 Å². The summed E-state index contributed by atoms with van der Waals surface area (Å²) in [5.41, 5.74) is 3.12. The number of benzene rings is 2. The smallest absolute Gasteiger partial charge is 0.257 e. The molecule has 2 aliphatic rings. The van der Waals surface area contributed by atoms with Crippen LogP contribution >= 0.6 is 0 Å². The van der Waals surface area contributed by atoms with Gasteiger partial charge in [-0.2, -0.15) is 5.10 Å². The van der Waals surface area contributed by atoms with E-state index in [9.17, 15) is 4.79 Å². The number of carbonyl (C=O) groups is 1. The standard InChI is InChI=1S/C24H29N3O2/c1-18-8-6-7-15-26(18)17-24(28)27-23(20-11-13-21(29-2)14-12-20)16-22(25-27)19-9-4-3-5-10-19/h3-5,9-14,18,23H,6-8,15-17H2,1-2H3. The molecule has 2 aromatic rings. The first kappa shape index (κ1) is 19.6. The number of amides is 1. The Labute approximate surface area is 173 Å². The van der Waals surface area contributed by atoms with E-state index in [0.29, 0.717) is 12.6 Å². The zero-order chi connectivity index (χ0) is 20.2. The van der Waals surface area contributed by atoms with E-state index in [1.54, 1.807) is 12.1 Å². The SMILES string of the molecule is COc1ccc(C2CC(c3ccccc3)=NN2C(=O)CN2CCCCC2C)cc1. The van der Waals surface area contributed by atoms with Gasteiger partial charge in [0.05, 0.1) is 25.4 Å². The minimum absolute atomic E-state index is 0.0745. The van der Waals surface area contributed by atoms with Crippen molar-refractivity contribution in [3.8, 4) is 5.75 Å². The van der Waals surface area contributed by atoms with Crippen molar-refractivity contribution >= 4 is 11.6 Å². The quantitative estimate of drug-likeness (QED) is 0.766. The highest BCUT2D eigenvalue weighted by Crippen LogP contribution is 2.34. The topological polar surface area (TPSA) is 45.1 Å². The maximum Gasteiger partial charge on any atom is 0.257 e. The fourth-order valence-corrected chi connectivity index (χ4v) is 4.27. The molecule has 0 bridgehead atoms. The van der Waals surface area contributed by atoms with Gasteiger partial charge in [0.1, 0.15) is 5.75 Å². The lowest BCUT2D eigenvalue weighted by molar-refractivity contribution is -0.135. The molecule has 0 saturated carbocycles. The zero-order valence-corrected chi connectivity index (χ0v) is 17.3. The molecule has 0 aliphatic carbocycles. The molecular formula is C24H29N3O2. The molecule has 4 rings (SSSR count). The van der Waals surface area contributed by atoms with Gasteiger partial charge in [0.2, 0.25) is 0 Å². The highest BCUT2D eigenvalue weighted by atomic mass is 16.5. The Morgan fingerprint density at radius 2 is 1.86 bits per heavy atom. The lowest BCUT2D eigenvalue weighted by Gasteiger charge is -2.34. The van der Waals surface area contributed by atoms with E-state index >= 15 is 0 Å². The molecule has 2 atom stereocenters. The van der Waals surface area contributed by atoms with Gasteiger partial charge in [0.25, 0.3) is 5.91 Å². The molecule has 5 heteroatoms. The number of hydrazone groups is 1. The summed E-state index contributed by atoms with van der Waals surface area (Å²) in [7, 11) is 1.66. The van der Waals surface area contributed by atoms with Crippen molar-refractivity contribution in [2.45, 2.75) is 44.7 Å². The largest absolute Gasteiger partial charge is 0.497 e. The van der Waals surface area contributed by atoms with Crippen LogP contribution in [0.3, 0.4) is 0 Å². The Kier molecular flexibility index (Phi) is 5.95. The molecule has 1 saturated heterocycles. The van der Waals surface area contributed by atoms with Crippen molar-refractivity contribution in [1.82, 2.24) is 9.91 Å². The molecule has 0 N–H and O–H groups in total. The predicted octanol–water partition coefficient (Wildman–Crippen LogP) is 4.25. The second-order valence-corrected chi connectivity index (χ2v) is 7.96. The van der Waals surface area contributed by atoms with Crippen LogP contribution in [0.15, 0.2) is 59.7 Å². The lowest BCUT2D eigenvalue weighted by Crippen LogP contribution is -2.44. The number of hydrogen-bond donors (Lipinski definition) is 0. The highest BCUT2D eigenvalue weighted by Gasteiger charge is 2.34. The van der Waals surface area contributed by atoms with Crippen LogP contribution in [0.2, 0.25) is 0 Å². The molecule has 1 fully saturated rings. The molecule has 0 radical (unpaired) electrons. The predicted molar refractivity (Wildman–Crippen MR) is 115 cm³/mol. The van der Waals surface area contributed by atoms with Crippen molar-refractivity contribution in [3.05, 3.63) is 65.7 Å². The average molecular weight is 392 g/mol. The van der Waals surface area contributed by atoms with E-state index in [0.717, 1.165) is 48.4 Å². The van der Waals surface area contributed by atoms with Crippen LogP contribution in [0.5, 0.6) is 5.75 Å². The van der Waals surface area contributed by atoms with E-state index in [-0.39, 0.29) is 11.9 Å². The van der Waals surface area contributed by atoms with Gasteiger partial charge in [-0.05, 0) is 49.6 Å². The summed E-state index contributed by atoms with van der Waals surface area (Å²) in [4.78, 5) is 15.6. The molecule has 2 aliphatic heterocycles. The molecule has 29 heavy (non-hydrogen) atoms. The maximum atomic E-state index is 13.3. The zero-order valence-electron chi connectivity index (χ0n) is 17.3. The number of likely N-dealkylation sites (tertiary alicyclic amines) is 1. The maximum absolute atomic E-state index is 13.3. The molecule has 2 aromatic carbocycles. The van der Waals surface area contributed by atoms with Crippen molar-refractivity contribution in [3.63, 3.8) is 0 Å². The third-order valence-corrected chi connectivity index (χ3v) is 6.05. The molecule has 1 amide bonds. The van der Waals surface area contributed by atoms with Gasteiger partial charge in [-0.15, -0.1) is 0 Å². The van der Waals surface area contributed by atoms with Crippen molar-refractivity contribution in [2.24, 2.45) is 5.10 Å². The minimum Gasteiger partial charge on any atom is -0.497 e. The van der Waals surface area contributed by atoms with Gasteiger partial charge in [-0.1, -0.05) is 48.9 Å². The van der Waals surface area contributed by atoms with Crippen molar-refractivity contribution in [2.75, 3.05) is 20.2 Å². The van der Waals surface area contributed by atoms with Crippen LogP contribution in [0.25, 0.3) is 0 Å². The van der Waals surface area contributed by atoms with Gasteiger partial charge in [-0.3, -0.25) is 9.69 Å². The molecule has 0 aromatic heterocycles. The number of carbonyl (C=O) groups excluding carboxylic acids is 1. The lowest BCUT2D eigenvalue weighted by atomic mass is 9.98. The van der Waals surface area contributed by atoms with E-state index in [1.165, 1.54) is 6.42 Å². The summed E-state index contributed by atoms with van der Waals surface area (Å²) in [6, 6.07) is 18.5. The Balaban J connectivity index is 1.59. The van der Waals surface area contributed by atoms with Gasteiger partial charge in [-0.25, -0.2) is 5.01 Å². The van der Waals surface area contributed by atoms with Gasteiger partial charge >= 0.3 is 0 Å². The Bertz CT molecular complexity index is 863. The highest BCUT2D eigenvalue weighted by molar-refractivity contribution is 6.03. The van der Waals surface area contributed by atoms with Gasteiger partial charge < -0.3 is 4.74 Å². The number of methoxy groups -OCH3 is 1. The summed E-state index contributed by atoms with van der Waals surface area (Å²) in [5.74, 6) is 0.890. The molecule has 2 unspecified atom stereocenters. The summed E-state index contributed by atoms with van der Waals surface area (Å²) in [6.07, 6.45) is 4.30. The van der Waals surface area contributed by atoms with Crippen LogP contribution in [0.4, 0.5) is 0 Å². The Morgan fingerprint density at radius 3 is 2.55 bits per heavy atom. The van der Waals surface area contributed by atoms with Crippen LogP contribution < -0.4 is 4.74 Å². The molecule has 0 spiro atoms. The number of nitrogens with zero attached hydrogens (tertiary/aromatic N) is 3.